The van der Waals surface area contributed by atoms with Gasteiger partial charge in [0.1, 0.15) is 0 Å². The van der Waals surface area contributed by atoms with Gasteiger partial charge in [0.2, 0.25) is 0 Å². The third-order valence-corrected chi connectivity index (χ3v) is 4.72. The van der Waals surface area contributed by atoms with E-state index < -0.39 is 0 Å². The van der Waals surface area contributed by atoms with E-state index in [-0.39, 0.29) is 0 Å². The van der Waals surface area contributed by atoms with E-state index in [2.05, 4.69) is 43.5 Å². The van der Waals surface area contributed by atoms with Crippen molar-refractivity contribution in [2.75, 3.05) is 17.3 Å². The van der Waals surface area contributed by atoms with E-state index in [4.69, 9.17) is 0 Å². The minimum absolute atomic E-state index is 1.14. The normalized spacial score (nSPS) is 9.94. The second-order valence-electron chi connectivity index (χ2n) is 3.69. The van der Waals surface area contributed by atoms with Crippen LogP contribution in [0.3, 0.4) is 0 Å². The highest BCUT2D eigenvalue weighted by Gasteiger charge is 2.00. The lowest BCUT2D eigenvalue weighted by Crippen LogP contribution is -1.87. The summed E-state index contributed by atoms with van der Waals surface area (Å²) in [6.45, 7) is 6.02. The summed E-state index contributed by atoms with van der Waals surface area (Å²) >= 11 is 3.90. The molecule has 0 nitrogen and oxygen atoms in total. The van der Waals surface area contributed by atoms with Crippen molar-refractivity contribution in [1.29, 1.82) is 0 Å². The molecule has 0 saturated carbocycles. The van der Waals surface area contributed by atoms with E-state index in [1.807, 2.05) is 29.6 Å². The topological polar surface area (TPSA) is 0 Å². The first-order valence-electron chi connectivity index (χ1n) is 6.04. The standard InChI is InChI=1S/C15H20S2/c1-3-5-11-16-12-13-17-15(4-2)14-9-7-6-8-10-14/h6-10H,2-3,5,11-13H2,1H3. The molecule has 0 aromatic heterocycles. The quantitative estimate of drug-likeness (QED) is 0.474. The summed E-state index contributed by atoms with van der Waals surface area (Å²) in [5.41, 5.74) is 4.27. The molecule has 1 rings (SSSR count). The smallest absolute Gasteiger partial charge is 0.0559 e. The number of hydrogen-bond acceptors (Lipinski definition) is 2. The summed E-state index contributed by atoms with van der Waals surface area (Å²) in [6, 6.07) is 10.4. The average Bonchev–Trinajstić information content (AvgIpc) is 2.39. The van der Waals surface area contributed by atoms with Gasteiger partial charge in [-0.25, -0.2) is 0 Å². The molecule has 1 aromatic carbocycles. The Morgan fingerprint density at radius 1 is 1.18 bits per heavy atom. The Labute approximate surface area is 114 Å². The van der Waals surface area contributed by atoms with Crippen molar-refractivity contribution in [3.63, 3.8) is 0 Å². The van der Waals surface area contributed by atoms with Crippen molar-refractivity contribution in [3.8, 4) is 0 Å². The molecule has 1 aromatic rings. The van der Waals surface area contributed by atoms with Crippen LogP contribution >= 0.6 is 23.5 Å². The fourth-order valence-corrected chi connectivity index (χ4v) is 3.49. The van der Waals surface area contributed by atoms with Gasteiger partial charge < -0.3 is 0 Å². The van der Waals surface area contributed by atoms with Gasteiger partial charge in [-0.3, -0.25) is 0 Å². The molecule has 0 unspecified atom stereocenters. The molecule has 0 atom stereocenters. The minimum atomic E-state index is 1.14. The molecule has 92 valence electrons. The fraction of sp³-hybridized carbons (Fsp3) is 0.400. The highest BCUT2D eigenvalue weighted by atomic mass is 32.2. The van der Waals surface area contributed by atoms with Crippen molar-refractivity contribution < 1.29 is 0 Å². The molecule has 0 aliphatic rings. The molecule has 2 heteroatoms. The molecule has 0 radical (unpaired) electrons. The predicted molar refractivity (Wildman–Crippen MR) is 83.7 cm³/mol. The van der Waals surface area contributed by atoms with Crippen molar-refractivity contribution in [2.45, 2.75) is 19.8 Å². The Morgan fingerprint density at radius 3 is 2.59 bits per heavy atom. The Morgan fingerprint density at radius 2 is 1.94 bits per heavy atom. The molecule has 0 N–H and O–H groups in total. The third-order valence-electron chi connectivity index (χ3n) is 2.31. The van der Waals surface area contributed by atoms with Gasteiger partial charge in [0.25, 0.3) is 0 Å². The molecule has 0 spiro atoms. The fourth-order valence-electron chi connectivity index (χ4n) is 1.38. The zero-order valence-electron chi connectivity index (χ0n) is 10.4. The number of rotatable bonds is 8. The largest absolute Gasteiger partial charge is 0.161 e. The van der Waals surface area contributed by atoms with E-state index in [0.29, 0.717) is 0 Å². The van der Waals surface area contributed by atoms with Crippen LogP contribution in [0.25, 0.3) is 4.91 Å². The Hall–Kier alpha value is -0.560. The van der Waals surface area contributed by atoms with Crippen molar-refractivity contribution >= 4 is 28.4 Å². The number of hydrogen-bond donors (Lipinski definition) is 0. The van der Waals surface area contributed by atoms with E-state index in [9.17, 15) is 0 Å². The van der Waals surface area contributed by atoms with Gasteiger partial charge in [0.05, 0.1) is 4.91 Å². The van der Waals surface area contributed by atoms with Crippen LogP contribution in [0.1, 0.15) is 25.3 Å². The molecule has 0 aliphatic heterocycles. The van der Waals surface area contributed by atoms with Gasteiger partial charge in [-0.05, 0) is 17.7 Å². The monoisotopic (exact) mass is 264 g/mol. The van der Waals surface area contributed by atoms with Crippen molar-refractivity contribution in [2.24, 2.45) is 0 Å². The highest BCUT2D eigenvalue weighted by molar-refractivity contribution is 8.09. The highest BCUT2D eigenvalue weighted by Crippen LogP contribution is 2.26. The summed E-state index contributed by atoms with van der Waals surface area (Å²) in [7, 11) is 0. The number of thioether (sulfide) groups is 2. The van der Waals surface area contributed by atoms with Crippen LogP contribution in [-0.4, -0.2) is 17.3 Å². The van der Waals surface area contributed by atoms with E-state index in [1.165, 1.54) is 34.8 Å². The Kier molecular flexibility index (Phi) is 8.08. The first-order chi connectivity index (χ1) is 8.38. The predicted octanol–water partition coefficient (Wildman–Crippen LogP) is 5.08. The van der Waals surface area contributed by atoms with Gasteiger partial charge in [-0.15, -0.1) is 17.5 Å². The number of benzene rings is 1. The molecule has 0 saturated heterocycles. The van der Waals surface area contributed by atoms with Crippen LogP contribution in [0.5, 0.6) is 0 Å². The zero-order chi connectivity index (χ0) is 12.3. The lowest BCUT2D eigenvalue weighted by Gasteiger charge is -2.04. The lowest BCUT2D eigenvalue weighted by atomic mass is 10.2. The zero-order valence-corrected chi connectivity index (χ0v) is 12.1. The molecule has 0 amide bonds. The van der Waals surface area contributed by atoms with Gasteiger partial charge in [-0.1, -0.05) is 50.3 Å². The molecule has 0 fully saturated rings. The van der Waals surface area contributed by atoms with Gasteiger partial charge >= 0.3 is 0 Å². The summed E-state index contributed by atoms with van der Waals surface area (Å²) in [6.07, 6.45) is 2.63. The van der Waals surface area contributed by atoms with E-state index in [1.54, 1.807) is 0 Å². The van der Waals surface area contributed by atoms with Gasteiger partial charge in [0.15, 0.2) is 0 Å². The average molecular weight is 264 g/mol. The maximum absolute atomic E-state index is 3.78. The second kappa shape index (κ2) is 9.47. The molecule has 17 heavy (non-hydrogen) atoms. The van der Waals surface area contributed by atoms with Gasteiger partial charge in [0, 0.05) is 11.5 Å². The van der Waals surface area contributed by atoms with Crippen LogP contribution in [-0.2, 0) is 0 Å². The van der Waals surface area contributed by atoms with Crippen LogP contribution in [0.4, 0.5) is 0 Å². The van der Waals surface area contributed by atoms with Crippen LogP contribution < -0.4 is 0 Å². The summed E-state index contributed by atoms with van der Waals surface area (Å²) in [4.78, 5) is 1.17. The first kappa shape index (κ1) is 14.5. The molecule has 0 heterocycles. The molecular formula is C15H20S2. The van der Waals surface area contributed by atoms with Crippen LogP contribution in [0.15, 0.2) is 42.6 Å². The second-order valence-corrected chi connectivity index (χ2v) is 6.02. The van der Waals surface area contributed by atoms with Gasteiger partial charge in [-0.2, -0.15) is 11.8 Å². The van der Waals surface area contributed by atoms with E-state index in [0.717, 1.165) is 5.75 Å². The Bertz CT molecular complexity index is 350. The summed E-state index contributed by atoms with van der Waals surface area (Å²) in [5, 5.41) is 0. The summed E-state index contributed by atoms with van der Waals surface area (Å²) in [5.74, 6) is 3.64. The van der Waals surface area contributed by atoms with Crippen molar-refractivity contribution in [3.05, 3.63) is 48.2 Å². The lowest BCUT2D eigenvalue weighted by molar-refractivity contribution is 0.896. The SMILES string of the molecule is C=C=C(SCCSCCCC)c1ccccc1. The first-order valence-corrected chi connectivity index (χ1v) is 8.18. The van der Waals surface area contributed by atoms with Crippen molar-refractivity contribution in [1.82, 2.24) is 0 Å². The van der Waals surface area contributed by atoms with Crippen LogP contribution in [0.2, 0.25) is 0 Å². The number of unbranched alkanes of at least 4 members (excludes halogenated alkanes) is 1. The van der Waals surface area contributed by atoms with E-state index >= 15 is 0 Å². The minimum Gasteiger partial charge on any atom is -0.161 e. The maximum atomic E-state index is 3.78. The molecule has 0 bridgehead atoms. The Balaban J connectivity index is 2.28. The maximum Gasteiger partial charge on any atom is 0.0559 e. The third kappa shape index (κ3) is 6.07. The van der Waals surface area contributed by atoms with Crippen LogP contribution in [0, 0.1) is 0 Å². The summed E-state index contributed by atoms with van der Waals surface area (Å²) < 4.78 is 0. The molecule has 0 aliphatic carbocycles. The molecular weight excluding hydrogens is 244 g/mol.